The van der Waals surface area contributed by atoms with Crippen LogP contribution in [-0.4, -0.2) is 58.9 Å². The van der Waals surface area contributed by atoms with Crippen molar-refractivity contribution in [2.45, 2.75) is 56.8 Å². The molecule has 1 saturated carbocycles. The molecule has 0 bridgehead atoms. The fraction of sp³-hybridized carbons (Fsp3) is 0.429. The van der Waals surface area contributed by atoms with Crippen LogP contribution in [0.1, 0.15) is 48.9 Å². The summed E-state index contributed by atoms with van der Waals surface area (Å²) in [6.45, 7) is 1.05. The van der Waals surface area contributed by atoms with Crippen molar-refractivity contribution in [3.8, 4) is 0 Å². The second-order valence-corrected chi connectivity index (χ2v) is 10.7. The normalized spacial score (nSPS) is 22.2. The first-order valence-electron chi connectivity index (χ1n) is 12.8. The smallest absolute Gasteiger partial charge is 0.326 e. The van der Waals surface area contributed by atoms with Gasteiger partial charge in [-0.15, -0.1) is 0 Å². The minimum atomic E-state index is -4.72. The molecule has 5 amide bonds. The number of urea groups is 1. The average molecular weight is 543 g/mol. The highest BCUT2D eigenvalue weighted by atomic mass is 19.4. The molecule has 5 rings (SSSR count). The Morgan fingerprint density at radius 1 is 1.08 bits per heavy atom. The Labute approximate surface area is 223 Å². The summed E-state index contributed by atoms with van der Waals surface area (Å²) in [5.74, 6) is -2.11. The standard InChI is InChI=1S/C28H29F3N4O4/c1-17(18-7-4-3-5-8-18)35(24(38)26(11-6-12-26)28(29,30)31)16-22(36)32-21-10-9-19-14-27(15-20(19)13-21)23(37)33-25(39)34(27)2/h3-5,7-10,13,17H,6,11-12,14-16H2,1-2H3,(H,32,36)(H,33,37,39)/t17-,27+/m1/s1. The Balaban J connectivity index is 1.36. The fourth-order valence-electron chi connectivity index (χ4n) is 5.85. The lowest BCUT2D eigenvalue weighted by Crippen LogP contribution is -2.57. The molecule has 206 valence electrons. The van der Waals surface area contributed by atoms with Crippen LogP contribution in [0.15, 0.2) is 48.5 Å². The molecule has 1 saturated heterocycles. The van der Waals surface area contributed by atoms with Crippen LogP contribution in [0.25, 0.3) is 0 Å². The number of nitrogens with one attached hydrogen (secondary N) is 2. The van der Waals surface area contributed by atoms with E-state index in [4.69, 9.17) is 0 Å². The number of alkyl halides is 3. The molecule has 39 heavy (non-hydrogen) atoms. The van der Waals surface area contributed by atoms with E-state index < -0.39 is 47.6 Å². The highest BCUT2D eigenvalue weighted by Gasteiger charge is 2.64. The second-order valence-electron chi connectivity index (χ2n) is 10.7. The molecule has 3 aliphatic rings. The SMILES string of the molecule is C[C@H](c1ccccc1)N(CC(=O)Nc1ccc2c(c1)C[C@@]1(C2)C(=O)NC(=O)N1C)C(=O)C1(C(F)(F)F)CCC1. The summed E-state index contributed by atoms with van der Waals surface area (Å²) in [5.41, 5.74) is -0.866. The number of halogens is 3. The monoisotopic (exact) mass is 542 g/mol. The molecule has 2 atom stereocenters. The summed E-state index contributed by atoms with van der Waals surface area (Å²) in [7, 11) is 1.56. The number of imide groups is 1. The van der Waals surface area contributed by atoms with Crippen LogP contribution < -0.4 is 10.6 Å². The first-order chi connectivity index (χ1) is 18.4. The van der Waals surface area contributed by atoms with Gasteiger partial charge in [0.2, 0.25) is 11.8 Å². The van der Waals surface area contributed by atoms with Crippen LogP contribution in [0, 0.1) is 5.41 Å². The number of benzene rings is 2. The lowest BCUT2D eigenvalue weighted by molar-refractivity contribution is -0.249. The number of likely N-dealkylation sites (N-methyl/N-ethyl adjacent to an activating group) is 1. The van der Waals surface area contributed by atoms with E-state index in [0.29, 0.717) is 24.1 Å². The van der Waals surface area contributed by atoms with E-state index in [2.05, 4.69) is 10.6 Å². The molecule has 8 nitrogen and oxygen atoms in total. The molecule has 2 aromatic rings. The van der Waals surface area contributed by atoms with Gasteiger partial charge < -0.3 is 15.1 Å². The summed E-state index contributed by atoms with van der Waals surface area (Å²) in [5, 5.41) is 5.03. The van der Waals surface area contributed by atoms with Crippen LogP contribution in [0.4, 0.5) is 23.7 Å². The van der Waals surface area contributed by atoms with Crippen LogP contribution in [0.5, 0.6) is 0 Å². The summed E-state index contributed by atoms with van der Waals surface area (Å²) in [6.07, 6.45) is -4.42. The maximum absolute atomic E-state index is 14.0. The van der Waals surface area contributed by atoms with E-state index in [-0.39, 0.29) is 25.2 Å². The summed E-state index contributed by atoms with van der Waals surface area (Å²) in [4.78, 5) is 53.5. The molecular formula is C28H29F3N4O4. The third-order valence-corrected chi connectivity index (χ3v) is 8.53. The van der Waals surface area contributed by atoms with Gasteiger partial charge in [-0.25, -0.2) is 4.79 Å². The van der Waals surface area contributed by atoms with E-state index in [0.717, 1.165) is 16.0 Å². The molecule has 2 aromatic carbocycles. The molecule has 0 aromatic heterocycles. The highest BCUT2D eigenvalue weighted by molar-refractivity contribution is 6.07. The minimum Gasteiger partial charge on any atom is -0.326 e. The lowest BCUT2D eigenvalue weighted by atomic mass is 9.67. The number of fused-ring (bicyclic) bond motifs is 1. The van der Waals surface area contributed by atoms with Crippen LogP contribution in [-0.2, 0) is 27.2 Å². The van der Waals surface area contributed by atoms with Gasteiger partial charge in [0.05, 0.1) is 6.04 Å². The number of hydrogen-bond donors (Lipinski definition) is 2. The summed E-state index contributed by atoms with van der Waals surface area (Å²) >= 11 is 0. The van der Waals surface area contributed by atoms with Crippen molar-refractivity contribution in [3.05, 3.63) is 65.2 Å². The zero-order valence-corrected chi connectivity index (χ0v) is 21.6. The topological polar surface area (TPSA) is 98.8 Å². The van der Waals surface area contributed by atoms with Crippen molar-refractivity contribution in [2.24, 2.45) is 5.41 Å². The third-order valence-electron chi connectivity index (χ3n) is 8.53. The van der Waals surface area contributed by atoms with E-state index >= 15 is 0 Å². The minimum absolute atomic E-state index is 0.268. The van der Waals surface area contributed by atoms with Gasteiger partial charge in [0.15, 0.2) is 0 Å². The number of nitrogens with zero attached hydrogens (tertiary/aromatic N) is 2. The van der Waals surface area contributed by atoms with Crippen molar-refractivity contribution in [2.75, 3.05) is 18.9 Å². The van der Waals surface area contributed by atoms with Gasteiger partial charge in [-0.1, -0.05) is 42.8 Å². The molecule has 2 N–H and O–H groups in total. The number of amides is 5. The van der Waals surface area contributed by atoms with Gasteiger partial charge in [-0.3, -0.25) is 19.7 Å². The van der Waals surface area contributed by atoms with Gasteiger partial charge in [-0.2, -0.15) is 13.2 Å². The quantitative estimate of drug-likeness (QED) is 0.540. The predicted molar refractivity (Wildman–Crippen MR) is 135 cm³/mol. The van der Waals surface area contributed by atoms with Crippen molar-refractivity contribution in [3.63, 3.8) is 0 Å². The number of rotatable bonds is 6. The van der Waals surface area contributed by atoms with Crippen molar-refractivity contribution < 1.29 is 32.3 Å². The molecule has 1 spiro atoms. The number of carbonyl (C=O) groups excluding carboxylic acids is 4. The molecule has 1 heterocycles. The van der Waals surface area contributed by atoms with Crippen molar-refractivity contribution >= 4 is 29.4 Å². The predicted octanol–water partition coefficient (Wildman–Crippen LogP) is 3.97. The van der Waals surface area contributed by atoms with Crippen molar-refractivity contribution in [1.29, 1.82) is 0 Å². The zero-order chi connectivity index (χ0) is 28.2. The largest absolute Gasteiger partial charge is 0.403 e. The third kappa shape index (κ3) is 4.33. The molecule has 0 radical (unpaired) electrons. The second kappa shape index (κ2) is 9.39. The zero-order valence-electron chi connectivity index (χ0n) is 21.6. The Bertz CT molecular complexity index is 1340. The van der Waals surface area contributed by atoms with E-state index in [1.165, 1.54) is 4.90 Å². The highest BCUT2D eigenvalue weighted by Crippen LogP contribution is 2.54. The Kier molecular flexibility index (Phi) is 6.43. The Morgan fingerprint density at radius 3 is 2.31 bits per heavy atom. The van der Waals surface area contributed by atoms with Gasteiger partial charge in [-0.05, 0) is 48.6 Å². The maximum atomic E-state index is 14.0. The number of hydrogen-bond acceptors (Lipinski definition) is 4. The van der Waals surface area contributed by atoms with Gasteiger partial charge >= 0.3 is 12.2 Å². The molecule has 2 fully saturated rings. The molecule has 2 aliphatic carbocycles. The van der Waals surface area contributed by atoms with E-state index in [9.17, 15) is 32.3 Å². The summed E-state index contributed by atoms with van der Waals surface area (Å²) in [6, 6.07) is 12.5. The number of anilines is 1. The van der Waals surface area contributed by atoms with Gasteiger partial charge in [0, 0.05) is 25.6 Å². The van der Waals surface area contributed by atoms with E-state index in [1.807, 2.05) is 0 Å². The first kappa shape index (κ1) is 26.7. The Hall–Kier alpha value is -3.89. The molecular weight excluding hydrogens is 513 g/mol. The molecule has 1 aliphatic heterocycles. The number of carbonyl (C=O) groups is 4. The van der Waals surface area contributed by atoms with E-state index in [1.54, 1.807) is 62.5 Å². The molecule has 11 heteroatoms. The van der Waals surface area contributed by atoms with Crippen LogP contribution in [0.2, 0.25) is 0 Å². The van der Waals surface area contributed by atoms with Crippen molar-refractivity contribution in [1.82, 2.24) is 15.1 Å². The first-order valence-corrected chi connectivity index (χ1v) is 12.8. The van der Waals surface area contributed by atoms with Gasteiger partial charge in [0.1, 0.15) is 17.5 Å². The average Bonchev–Trinajstić information content (AvgIpc) is 3.33. The van der Waals surface area contributed by atoms with Crippen LogP contribution >= 0.6 is 0 Å². The maximum Gasteiger partial charge on any atom is 0.403 e. The van der Waals surface area contributed by atoms with Gasteiger partial charge in [0.25, 0.3) is 5.91 Å². The molecule has 0 unspecified atom stereocenters. The summed E-state index contributed by atoms with van der Waals surface area (Å²) < 4.78 is 42.1. The fourth-order valence-corrected chi connectivity index (χ4v) is 5.85. The van der Waals surface area contributed by atoms with Crippen LogP contribution in [0.3, 0.4) is 0 Å². The lowest BCUT2D eigenvalue weighted by Gasteiger charge is -2.45. The Morgan fingerprint density at radius 2 is 1.74 bits per heavy atom.